The average Bonchev–Trinajstić information content (AvgIpc) is 2.41. The lowest BCUT2D eigenvalue weighted by Gasteiger charge is -2.28. The van der Waals surface area contributed by atoms with E-state index in [2.05, 4.69) is 39.1 Å². The SMILES string of the molecule is Nc1cnc(CN2CCc3ccccc3C2)cn1. The van der Waals surface area contributed by atoms with Crippen LogP contribution in [0.5, 0.6) is 0 Å². The van der Waals surface area contributed by atoms with Crippen LogP contribution in [0.25, 0.3) is 0 Å². The molecule has 92 valence electrons. The van der Waals surface area contributed by atoms with Crippen LogP contribution in [0.2, 0.25) is 0 Å². The number of aromatic nitrogens is 2. The highest BCUT2D eigenvalue weighted by Crippen LogP contribution is 2.19. The molecule has 0 unspecified atom stereocenters. The van der Waals surface area contributed by atoms with Gasteiger partial charge in [0, 0.05) is 19.6 Å². The van der Waals surface area contributed by atoms with E-state index in [9.17, 15) is 0 Å². The third-order valence-electron chi connectivity index (χ3n) is 3.32. The lowest BCUT2D eigenvalue weighted by Crippen LogP contribution is -2.30. The van der Waals surface area contributed by atoms with Gasteiger partial charge in [-0.1, -0.05) is 24.3 Å². The highest BCUT2D eigenvalue weighted by Gasteiger charge is 2.16. The highest BCUT2D eigenvalue weighted by molar-refractivity contribution is 5.29. The summed E-state index contributed by atoms with van der Waals surface area (Å²) in [4.78, 5) is 10.8. The maximum absolute atomic E-state index is 5.54. The molecule has 1 aromatic heterocycles. The Labute approximate surface area is 106 Å². The number of nitrogens with two attached hydrogens (primary N) is 1. The van der Waals surface area contributed by atoms with E-state index in [4.69, 9.17) is 5.73 Å². The number of hydrogen-bond donors (Lipinski definition) is 1. The fourth-order valence-electron chi connectivity index (χ4n) is 2.36. The summed E-state index contributed by atoms with van der Waals surface area (Å²) in [6.07, 6.45) is 4.49. The lowest BCUT2D eigenvalue weighted by molar-refractivity contribution is 0.242. The second-order valence-electron chi connectivity index (χ2n) is 4.66. The Kier molecular flexibility index (Phi) is 2.94. The van der Waals surface area contributed by atoms with Crippen LogP contribution < -0.4 is 5.73 Å². The average molecular weight is 240 g/mol. The summed E-state index contributed by atoms with van der Waals surface area (Å²) in [7, 11) is 0. The third kappa shape index (κ3) is 2.33. The summed E-state index contributed by atoms with van der Waals surface area (Å²) in [5.41, 5.74) is 9.40. The molecule has 2 heterocycles. The Morgan fingerprint density at radius 3 is 2.72 bits per heavy atom. The van der Waals surface area contributed by atoms with Crippen molar-refractivity contribution in [1.29, 1.82) is 0 Å². The van der Waals surface area contributed by atoms with Crippen LogP contribution in [0.4, 0.5) is 5.82 Å². The van der Waals surface area contributed by atoms with Crippen molar-refractivity contribution in [3.8, 4) is 0 Å². The molecule has 3 rings (SSSR count). The number of anilines is 1. The molecule has 0 aliphatic carbocycles. The van der Waals surface area contributed by atoms with Crippen LogP contribution in [-0.2, 0) is 19.5 Å². The molecule has 0 amide bonds. The molecule has 0 radical (unpaired) electrons. The molecule has 4 heteroatoms. The fraction of sp³-hybridized carbons (Fsp3) is 0.286. The predicted molar refractivity (Wildman–Crippen MR) is 70.7 cm³/mol. The first-order valence-corrected chi connectivity index (χ1v) is 6.17. The summed E-state index contributed by atoms with van der Waals surface area (Å²) in [6.45, 7) is 2.90. The number of nitrogen functional groups attached to an aromatic ring is 1. The predicted octanol–water partition coefficient (Wildman–Crippen LogP) is 1.62. The van der Waals surface area contributed by atoms with Crippen molar-refractivity contribution < 1.29 is 0 Å². The highest BCUT2D eigenvalue weighted by atomic mass is 15.1. The van der Waals surface area contributed by atoms with Crippen molar-refractivity contribution in [3.05, 3.63) is 53.5 Å². The summed E-state index contributed by atoms with van der Waals surface area (Å²) < 4.78 is 0. The van der Waals surface area contributed by atoms with Crippen molar-refractivity contribution in [2.75, 3.05) is 12.3 Å². The van der Waals surface area contributed by atoms with Crippen molar-refractivity contribution >= 4 is 5.82 Å². The molecule has 0 fully saturated rings. The molecule has 0 atom stereocenters. The second kappa shape index (κ2) is 4.74. The van der Waals surface area contributed by atoms with Crippen molar-refractivity contribution in [1.82, 2.24) is 14.9 Å². The van der Waals surface area contributed by atoms with Gasteiger partial charge in [-0.15, -0.1) is 0 Å². The molecule has 2 aromatic rings. The molecular weight excluding hydrogens is 224 g/mol. The van der Waals surface area contributed by atoms with E-state index in [0.29, 0.717) is 5.82 Å². The molecule has 0 saturated carbocycles. The van der Waals surface area contributed by atoms with E-state index in [0.717, 1.165) is 31.7 Å². The number of hydrogen-bond acceptors (Lipinski definition) is 4. The van der Waals surface area contributed by atoms with E-state index >= 15 is 0 Å². The van der Waals surface area contributed by atoms with Gasteiger partial charge in [0.2, 0.25) is 0 Å². The first-order valence-electron chi connectivity index (χ1n) is 6.17. The molecule has 0 saturated heterocycles. The van der Waals surface area contributed by atoms with Gasteiger partial charge < -0.3 is 5.73 Å². The Morgan fingerprint density at radius 1 is 1.11 bits per heavy atom. The first kappa shape index (κ1) is 11.2. The largest absolute Gasteiger partial charge is 0.382 e. The van der Waals surface area contributed by atoms with Gasteiger partial charge in [-0.05, 0) is 17.5 Å². The fourth-order valence-corrected chi connectivity index (χ4v) is 2.36. The quantitative estimate of drug-likeness (QED) is 0.866. The van der Waals surface area contributed by atoms with Crippen molar-refractivity contribution in [2.45, 2.75) is 19.5 Å². The Balaban J connectivity index is 1.71. The molecule has 1 aliphatic heterocycles. The lowest BCUT2D eigenvalue weighted by atomic mass is 10.00. The molecule has 18 heavy (non-hydrogen) atoms. The topological polar surface area (TPSA) is 55.0 Å². The molecule has 4 nitrogen and oxygen atoms in total. The van der Waals surface area contributed by atoms with E-state index in [-0.39, 0.29) is 0 Å². The smallest absolute Gasteiger partial charge is 0.141 e. The second-order valence-corrected chi connectivity index (χ2v) is 4.66. The van der Waals surface area contributed by atoms with Crippen LogP contribution in [0, 0.1) is 0 Å². The minimum Gasteiger partial charge on any atom is -0.382 e. The van der Waals surface area contributed by atoms with Crippen LogP contribution in [-0.4, -0.2) is 21.4 Å². The van der Waals surface area contributed by atoms with Gasteiger partial charge in [0.1, 0.15) is 5.82 Å². The van der Waals surface area contributed by atoms with E-state index < -0.39 is 0 Å². The van der Waals surface area contributed by atoms with Gasteiger partial charge in [-0.2, -0.15) is 0 Å². The normalized spacial score (nSPS) is 15.3. The minimum atomic E-state index is 0.475. The molecule has 1 aromatic carbocycles. The molecule has 2 N–H and O–H groups in total. The minimum absolute atomic E-state index is 0.475. The van der Waals surface area contributed by atoms with Gasteiger partial charge in [0.15, 0.2) is 0 Å². The van der Waals surface area contributed by atoms with Gasteiger partial charge in [0.05, 0.1) is 18.1 Å². The molecule has 0 bridgehead atoms. The standard InChI is InChI=1S/C14H16N4/c15-14-8-16-13(7-17-14)10-18-6-5-11-3-1-2-4-12(11)9-18/h1-4,7-8H,5-6,9-10H2,(H2,15,17). The summed E-state index contributed by atoms with van der Waals surface area (Å²) in [5, 5.41) is 0. The third-order valence-corrected chi connectivity index (χ3v) is 3.32. The maximum atomic E-state index is 5.54. The zero-order valence-corrected chi connectivity index (χ0v) is 10.2. The van der Waals surface area contributed by atoms with Crippen molar-refractivity contribution in [3.63, 3.8) is 0 Å². The van der Waals surface area contributed by atoms with E-state index in [1.165, 1.54) is 11.1 Å². The van der Waals surface area contributed by atoms with E-state index in [1.807, 2.05) is 0 Å². The Morgan fingerprint density at radius 2 is 1.94 bits per heavy atom. The Bertz CT molecular complexity index is 536. The van der Waals surface area contributed by atoms with Gasteiger partial charge >= 0.3 is 0 Å². The zero-order valence-electron chi connectivity index (χ0n) is 10.2. The van der Waals surface area contributed by atoms with Crippen LogP contribution in [0.1, 0.15) is 16.8 Å². The van der Waals surface area contributed by atoms with E-state index in [1.54, 1.807) is 12.4 Å². The van der Waals surface area contributed by atoms with Gasteiger partial charge in [-0.25, -0.2) is 4.98 Å². The van der Waals surface area contributed by atoms with Crippen molar-refractivity contribution in [2.24, 2.45) is 0 Å². The van der Waals surface area contributed by atoms with Crippen LogP contribution >= 0.6 is 0 Å². The number of fused-ring (bicyclic) bond motifs is 1. The molecule has 0 spiro atoms. The summed E-state index contributed by atoms with van der Waals surface area (Å²) in [6, 6.07) is 8.64. The first-order chi connectivity index (χ1) is 8.81. The molecular formula is C14H16N4. The molecule has 1 aliphatic rings. The van der Waals surface area contributed by atoms with Gasteiger partial charge in [-0.3, -0.25) is 9.88 Å². The number of benzene rings is 1. The summed E-state index contributed by atoms with van der Waals surface area (Å²) in [5.74, 6) is 0.475. The van der Waals surface area contributed by atoms with Crippen LogP contribution in [0.15, 0.2) is 36.7 Å². The Hall–Kier alpha value is -1.94. The number of rotatable bonds is 2. The number of nitrogens with zero attached hydrogens (tertiary/aromatic N) is 3. The van der Waals surface area contributed by atoms with Crippen LogP contribution in [0.3, 0.4) is 0 Å². The maximum Gasteiger partial charge on any atom is 0.141 e. The van der Waals surface area contributed by atoms with Gasteiger partial charge in [0.25, 0.3) is 0 Å². The monoisotopic (exact) mass is 240 g/mol. The zero-order chi connectivity index (χ0) is 12.4. The summed E-state index contributed by atoms with van der Waals surface area (Å²) >= 11 is 0.